The average Bonchev–Trinajstić information content (AvgIpc) is 2.30. The van der Waals surface area contributed by atoms with Gasteiger partial charge in [-0.1, -0.05) is 0 Å². The lowest BCUT2D eigenvalue weighted by molar-refractivity contribution is -0.121. The third-order valence-corrected chi connectivity index (χ3v) is 1.62. The Kier molecular flexibility index (Phi) is 10.7. The highest BCUT2D eigenvalue weighted by Crippen LogP contribution is 1.85. The maximum atomic E-state index is 11.1. The molecule has 0 unspecified atom stereocenters. The van der Waals surface area contributed by atoms with Gasteiger partial charge in [0.1, 0.15) is 12.9 Å². The van der Waals surface area contributed by atoms with Crippen LogP contribution in [-0.2, 0) is 19.1 Å². The van der Waals surface area contributed by atoms with E-state index in [9.17, 15) is 9.59 Å². The number of nitrogens with one attached hydrogen (secondary N) is 1. The van der Waals surface area contributed by atoms with E-state index < -0.39 is 0 Å². The van der Waals surface area contributed by atoms with E-state index in [0.717, 1.165) is 0 Å². The van der Waals surface area contributed by atoms with Crippen LogP contribution in [0.5, 0.6) is 0 Å². The fraction of sp³-hybridized carbons (Fsp3) is 0.636. The van der Waals surface area contributed by atoms with Gasteiger partial charge in [-0.05, 0) is 0 Å². The second kappa shape index (κ2) is 11.7. The smallest absolute Gasteiger partial charge is 0.221 e. The SMILES string of the molecule is C#CCCC(=O)NCCOCCOCC=O. The largest absolute Gasteiger partial charge is 0.377 e. The second-order valence-electron chi connectivity index (χ2n) is 2.91. The topological polar surface area (TPSA) is 64.6 Å². The van der Waals surface area contributed by atoms with Crippen molar-refractivity contribution in [2.24, 2.45) is 0 Å². The minimum Gasteiger partial charge on any atom is -0.377 e. The Labute approximate surface area is 95.5 Å². The molecule has 0 aliphatic carbocycles. The van der Waals surface area contributed by atoms with Crippen LogP contribution in [0.1, 0.15) is 12.8 Å². The first-order valence-corrected chi connectivity index (χ1v) is 5.10. The molecule has 0 aliphatic rings. The third-order valence-electron chi connectivity index (χ3n) is 1.62. The summed E-state index contributed by atoms with van der Waals surface area (Å²) in [5.74, 6) is 2.32. The maximum absolute atomic E-state index is 11.1. The molecule has 0 atom stereocenters. The number of carbonyl (C=O) groups is 2. The molecular formula is C11H17NO4. The molecule has 90 valence electrons. The lowest BCUT2D eigenvalue weighted by Crippen LogP contribution is -2.27. The number of ether oxygens (including phenoxy) is 2. The molecule has 16 heavy (non-hydrogen) atoms. The van der Waals surface area contributed by atoms with Gasteiger partial charge in [-0.3, -0.25) is 4.79 Å². The summed E-state index contributed by atoms with van der Waals surface area (Å²) in [6.07, 6.45) is 6.50. The van der Waals surface area contributed by atoms with Gasteiger partial charge in [0.05, 0.1) is 19.8 Å². The number of terminal acetylenes is 1. The van der Waals surface area contributed by atoms with Crippen LogP contribution in [0.15, 0.2) is 0 Å². The standard InChI is InChI=1S/C11H17NO4/c1-2-3-4-11(14)12-5-7-15-9-10-16-8-6-13/h1,6H,3-5,7-10H2,(H,12,14). The molecule has 1 amide bonds. The van der Waals surface area contributed by atoms with Gasteiger partial charge in [-0.25, -0.2) is 0 Å². The van der Waals surface area contributed by atoms with Crippen molar-refractivity contribution >= 4 is 12.2 Å². The van der Waals surface area contributed by atoms with Crippen LogP contribution >= 0.6 is 0 Å². The quantitative estimate of drug-likeness (QED) is 0.317. The van der Waals surface area contributed by atoms with Crippen LogP contribution in [-0.4, -0.2) is 45.2 Å². The van der Waals surface area contributed by atoms with Crippen LogP contribution in [0.25, 0.3) is 0 Å². The highest BCUT2D eigenvalue weighted by molar-refractivity contribution is 5.76. The Morgan fingerprint density at radius 2 is 2.06 bits per heavy atom. The van der Waals surface area contributed by atoms with Gasteiger partial charge < -0.3 is 19.6 Å². The van der Waals surface area contributed by atoms with E-state index >= 15 is 0 Å². The molecule has 0 saturated carbocycles. The number of rotatable bonds is 10. The molecule has 0 fully saturated rings. The lowest BCUT2D eigenvalue weighted by atomic mass is 10.3. The van der Waals surface area contributed by atoms with Gasteiger partial charge in [0.15, 0.2) is 0 Å². The Morgan fingerprint density at radius 1 is 1.31 bits per heavy atom. The van der Waals surface area contributed by atoms with Crippen LogP contribution in [0.4, 0.5) is 0 Å². The zero-order valence-electron chi connectivity index (χ0n) is 9.24. The van der Waals surface area contributed by atoms with E-state index in [2.05, 4.69) is 11.2 Å². The molecule has 5 heteroatoms. The summed E-state index contributed by atoms with van der Waals surface area (Å²) in [5.41, 5.74) is 0. The molecule has 0 heterocycles. The van der Waals surface area contributed by atoms with Crippen molar-refractivity contribution in [1.82, 2.24) is 5.32 Å². The molecule has 5 nitrogen and oxygen atoms in total. The summed E-state index contributed by atoms with van der Waals surface area (Å²) in [5, 5.41) is 2.66. The van der Waals surface area contributed by atoms with Gasteiger partial charge in [0.2, 0.25) is 5.91 Å². The van der Waals surface area contributed by atoms with Gasteiger partial charge in [-0.2, -0.15) is 0 Å². The summed E-state index contributed by atoms with van der Waals surface area (Å²) in [7, 11) is 0. The molecule has 0 aliphatic heterocycles. The van der Waals surface area contributed by atoms with Crippen LogP contribution in [0.3, 0.4) is 0 Å². The van der Waals surface area contributed by atoms with Crippen LogP contribution in [0.2, 0.25) is 0 Å². The monoisotopic (exact) mass is 227 g/mol. The summed E-state index contributed by atoms with van der Waals surface area (Å²) >= 11 is 0. The molecule has 0 aromatic carbocycles. The number of hydrogen-bond donors (Lipinski definition) is 1. The normalized spacial score (nSPS) is 9.44. The summed E-state index contributed by atoms with van der Waals surface area (Å²) < 4.78 is 10.0. The van der Waals surface area contributed by atoms with Gasteiger partial charge in [0.25, 0.3) is 0 Å². The Balaban J connectivity index is 3.11. The molecule has 1 N–H and O–H groups in total. The molecular weight excluding hydrogens is 210 g/mol. The predicted molar refractivity (Wildman–Crippen MR) is 58.8 cm³/mol. The van der Waals surface area contributed by atoms with Crippen LogP contribution in [0, 0.1) is 12.3 Å². The summed E-state index contributed by atoms with van der Waals surface area (Å²) in [6.45, 7) is 1.76. The molecule has 0 aromatic heterocycles. The predicted octanol–water partition coefficient (Wildman–Crippen LogP) is -0.252. The molecule has 0 rings (SSSR count). The van der Waals surface area contributed by atoms with Crippen molar-refractivity contribution in [2.75, 3.05) is 33.0 Å². The van der Waals surface area contributed by atoms with E-state index in [1.807, 2.05) is 0 Å². The summed E-state index contributed by atoms with van der Waals surface area (Å²) in [4.78, 5) is 20.9. The minimum atomic E-state index is -0.0706. The van der Waals surface area contributed by atoms with Gasteiger partial charge in [-0.15, -0.1) is 12.3 Å². The Morgan fingerprint density at radius 3 is 2.75 bits per heavy atom. The van der Waals surface area contributed by atoms with Crippen molar-refractivity contribution in [1.29, 1.82) is 0 Å². The van der Waals surface area contributed by atoms with Crippen molar-refractivity contribution in [3.8, 4) is 12.3 Å². The number of hydrogen-bond acceptors (Lipinski definition) is 4. The highest BCUT2D eigenvalue weighted by atomic mass is 16.5. The van der Waals surface area contributed by atoms with Crippen molar-refractivity contribution in [3.63, 3.8) is 0 Å². The Hall–Kier alpha value is -1.38. The zero-order chi connectivity index (χ0) is 12.1. The van der Waals surface area contributed by atoms with E-state index in [4.69, 9.17) is 15.9 Å². The molecule has 0 bridgehead atoms. The summed E-state index contributed by atoms with van der Waals surface area (Å²) in [6, 6.07) is 0. The minimum absolute atomic E-state index is 0.0706. The van der Waals surface area contributed by atoms with E-state index in [0.29, 0.717) is 45.5 Å². The third kappa shape index (κ3) is 10.7. The fourth-order valence-electron chi connectivity index (χ4n) is 0.888. The Bertz CT molecular complexity index is 235. The van der Waals surface area contributed by atoms with E-state index in [-0.39, 0.29) is 12.5 Å². The fourth-order valence-corrected chi connectivity index (χ4v) is 0.888. The van der Waals surface area contributed by atoms with Crippen molar-refractivity contribution in [2.45, 2.75) is 12.8 Å². The first kappa shape index (κ1) is 14.6. The van der Waals surface area contributed by atoms with Crippen molar-refractivity contribution < 1.29 is 19.1 Å². The molecule has 0 radical (unpaired) electrons. The van der Waals surface area contributed by atoms with Gasteiger partial charge in [0, 0.05) is 19.4 Å². The molecule has 0 saturated heterocycles. The molecule has 0 aromatic rings. The molecule has 0 spiro atoms. The first-order chi connectivity index (χ1) is 7.81. The second-order valence-corrected chi connectivity index (χ2v) is 2.91. The van der Waals surface area contributed by atoms with Crippen LogP contribution < -0.4 is 5.32 Å². The number of aldehydes is 1. The maximum Gasteiger partial charge on any atom is 0.221 e. The first-order valence-electron chi connectivity index (χ1n) is 5.10. The number of carbonyl (C=O) groups excluding carboxylic acids is 2. The highest BCUT2D eigenvalue weighted by Gasteiger charge is 1.98. The van der Waals surface area contributed by atoms with E-state index in [1.54, 1.807) is 0 Å². The average molecular weight is 227 g/mol. The van der Waals surface area contributed by atoms with Gasteiger partial charge >= 0.3 is 0 Å². The zero-order valence-corrected chi connectivity index (χ0v) is 9.24. The number of amides is 1. The van der Waals surface area contributed by atoms with Crippen molar-refractivity contribution in [3.05, 3.63) is 0 Å². The van der Waals surface area contributed by atoms with E-state index in [1.165, 1.54) is 0 Å². The lowest BCUT2D eigenvalue weighted by Gasteiger charge is -2.05.